The lowest BCUT2D eigenvalue weighted by Gasteiger charge is -2.30. The number of β-amino-alcohol motifs (C(OH)–C–C–N with tert-alkyl or cyclic N) is 1. The monoisotopic (exact) mass is 257 g/mol. The van der Waals surface area contributed by atoms with Gasteiger partial charge in [0.1, 0.15) is 5.54 Å². The van der Waals surface area contributed by atoms with Gasteiger partial charge in [-0.3, -0.25) is 9.69 Å². The molecule has 7 nitrogen and oxygen atoms in total. The number of aliphatic hydroxyl groups excluding tert-OH is 1. The fourth-order valence-corrected chi connectivity index (χ4v) is 2.41. The van der Waals surface area contributed by atoms with Gasteiger partial charge < -0.3 is 20.5 Å². The maximum absolute atomic E-state index is 12.3. The Labute approximate surface area is 105 Å². The van der Waals surface area contributed by atoms with E-state index in [2.05, 4.69) is 10.6 Å². The molecule has 1 unspecified atom stereocenters. The number of urea groups is 1. The molecule has 0 saturated carbocycles. The number of rotatable bonds is 4. The van der Waals surface area contributed by atoms with Crippen LogP contribution in [0, 0.1) is 0 Å². The van der Waals surface area contributed by atoms with Crippen molar-refractivity contribution >= 4 is 11.9 Å². The average Bonchev–Trinajstić information content (AvgIpc) is 2.55. The summed E-state index contributed by atoms with van der Waals surface area (Å²) in [5.74, 6) is -0.244. The van der Waals surface area contributed by atoms with Crippen LogP contribution in [0.2, 0.25) is 0 Å². The van der Waals surface area contributed by atoms with Crippen LogP contribution in [0.4, 0.5) is 4.79 Å². The molecule has 2 rings (SSSR count). The van der Waals surface area contributed by atoms with E-state index in [0.29, 0.717) is 32.6 Å². The van der Waals surface area contributed by atoms with Crippen molar-refractivity contribution in [1.82, 2.24) is 15.5 Å². The van der Waals surface area contributed by atoms with Gasteiger partial charge in [0.25, 0.3) is 5.91 Å². The van der Waals surface area contributed by atoms with Crippen LogP contribution in [0.1, 0.15) is 12.8 Å². The van der Waals surface area contributed by atoms with E-state index < -0.39 is 17.7 Å². The van der Waals surface area contributed by atoms with Crippen LogP contribution in [0.25, 0.3) is 0 Å². The van der Waals surface area contributed by atoms with E-state index >= 15 is 0 Å². The maximum atomic E-state index is 12.3. The highest BCUT2D eigenvalue weighted by atomic mass is 16.5. The second-order valence-corrected chi connectivity index (χ2v) is 4.75. The molecule has 1 atom stereocenters. The van der Waals surface area contributed by atoms with Crippen LogP contribution >= 0.6 is 0 Å². The van der Waals surface area contributed by atoms with Crippen molar-refractivity contribution in [3.05, 3.63) is 0 Å². The summed E-state index contributed by atoms with van der Waals surface area (Å²) in [5.41, 5.74) is -0.811. The molecule has 3 N–H and O–H groups in total. The van der Waals surface area contributed by atoms with Crippen molar-refractivity contribution in [2.45, 2.75) is 24.5 Å². The Bertz CT molecular complexity index is 341. The number of nitrogens with one attached hydrogen (secondary N) is 2. The minimum absolute atomic E-state index is 0.0219. The highest BCUT2D eigenvalue weighted by molar-refractivity contribution is 6.07. The fourth-order valence-electron chi connectivity index (χ4n) is 2.41. The Balaban J connectivity index is 2.04. The molecule has 18 heavy (non-hydrogen) atoms. The zero-order valence-corrected chi connectivity index (χ0v) is 10.4. The fraction of sp³-hybridized carbons (Fsp3) is 0.818. The third kappa shape index (κ3) is 2.33. The number of aliphatic hydroxyl groups is 1. The van der Waals surface area contributed by atoms with Gasteiger partial charge in [-0.25, -0.2) is 4.79 Å². The normalized spacial score (nSPS) is 24.4. The van der Waals surface area contributed by atoms with Gasteiger partial charge in [-0.2, -0.15) is 0 Å². The van der Waals surface area contributed by atoms with Crippen LogP contribution in [0.15, 0.2) is 0 Å². The SMILES string of the molecule is CNCC(O)CN1C(=O)NC2(CCOCC2)C1=O. The molecule has 0 aromatic heterocycles. The van der Waals surface area contributed by atoms with E-state index in [9.17, 15) is 14.7 Å². The van der Waals surface area contributed by atoms with Crippen LogP contribution in [-0.4, -0.2) is 66.9 Å². The molecule has 7 heteroatoms. The maximum Gasteiger partial charge on any atom is 0.325 e. The largest absolute Gasteiger partial charge is 0.390 e. The summed E-state index contributed by atoms with van der Waals surface area (Å²) in [7, 11) is 1.70. The molecule has 2 saturated heterocycles. The molecule has 2 aliphatic rings. The number of likely N-dealkylation sites (N-methyl/N-ethyl adjacent to an activating group) is 1. The summed E-state index contributed by atoms with van der Waals surface area (Å²) in [5, 5.41) is 15.2. The van der Waals surface area contributed by atoms with Gasteiger partial charge in [-0.15, -0.1) is 0 Å². The molecule has 2 aliphatic heterocycles. The van der Waals surface area contributed by atoms with Crippen LogP contribution in [-0.2, 0) is 9.53 Å². The smallest absolute Gasteiger partial charge is 0.325 e. The number of nitrogens with zero attached hydrogens (tertiary/aromatic N) is 1. The molecule has 102 valence electrons. The average molecular weight is 257 g/mol. The van der Waals surface area contributed by atoms with Gasteiger partial charge in [0.15, 0.2) is 0 Å². The number of carbonyl (C=O) groups is 2. The molecule has 2 heterocycles. The summed E-state index contributed by atoms with van der Waals surface area (Å²) >= 11 is 0. The molecule has 0 bridgehead atoms. The molecule has 0 aliphatic carbocycles. The predicted octanol–water partition coefficient (Wildman–Crippen LogP) is -1.33. The van der Waals surface area contributed by atoms with Gasteiger partial charge in [0, 0.05) is 32.6 Å². The first-order valence-electron chi connectivity index (χ1n) is 6.13. The molecule has 3 amide bonds. The summed E-state index contributed by atoms with van der Waals surface area (Å²) in [6, 6.07) is -0.419. The van der Waals surface area contributed by atoms with Crippen LogP contribution in [0.3, 0.4) is 0 Å². The van der Waals surface area contributed by atoms with E-state index in [4.69, 9.17) is 4.74 Å². The molecule has 1 spiro atoms. The molecular formula is C11H19N3O4. The van der Waals surface area contributed by atoms with Gasteiger partial charge in [0.05, 0.1) is 12.6 Å². The topological polar surface area (TPSA) is 90.9 Å². The van der Waals surface area contributed by atoms with Gasteiger partial charge in [0.2, 0.25) is 0 Å². The van der Waals surface area contributed by atoms with Crippen LogP contribution < -0.4 is 10.6 Å². The third-order valence-corrected chi connectivity index (χ3v) is 3.43. The number of carbonyl (C=O) groups excluding carboxylic acids is 2. The highest BCUT2D eigenvalue weighted by Gasteiger charge is 2.51. The molecule has 0 radical (unpaired) electrons. The predicted molar refractivity (Wildman–Crippen MR) is 63.0 cm³/mol. The summed E-state index contributed by atoms with van der Waals surface area (Å²) in [6.07, 6.45) is 0.242. The summed E-state index contributed by atoms with van der Waals surface area (Å²) in [6.45, 7) is 1.30. The highest BCUT2D eigenvalue weighted by Crippen LogP contribution is 2.28. The lowest BCUT2D eigenvalue weighted by molar-refractivity contribution is -0.135. The minimum atomic E-state index is -0.811. The number of ether oxygens (including phenoxy) is 1. The summed E-state index contributed by atoms with van der Waals surface area (Å²) < 4.78 is 5.21. The van der Waals surface area contributed by atoms with Crippen LogP contribution in [0.5, 0.6) is 0 Å². The Hall–Kier alpha value is -1.18. The molecule has 0 aromatic rings. The van der Waals surface area contributed by atoms with Crippen molar-refractivity contribution in [2.75, 3.05) is 33.4 Å². The van der Waals surface area contributed by atoms with E-state index in [0.717, 1.165) is 4.90 Å². The summed E-state index contributed by atoms with van der Waals surface area (Å²) in [4.78, 5) is 25.2. The zero-order chi connectivity index (χ0) is 13.2. The van der Waals surface area contributed by atoms with Gasteiger partial charge >= 0.3 is 6.03 Å². The molecule has 2 fully saturated rings. The number of hydrogen-bond donors (Lipinski definition) is 3. The van der Waals surface area contributed by atoms with Crippen molar-refractivity contribution in [3.63, 3.8) is 0 Å². The Morgan fingerprint density at radius 2 is 2.17 bits per heavy atom. The lowest BCUT2D eigenvalue weighted by Crippen LogP contribution is -2.51. The first-order valence-corrected chi connectivity index (χ1v) is 6.13. The first kappa shape index (κ1) is 13.3. The quantitative estimate of drug-likeness (QED) is 0.543. The van der Waals surface area contributed by atoms with Gasteiger partial charge in [-0.05, 0) is 7.05 Å². The first-order chi connectivity index (χ1) is 8.59. The second-order valence-electron chi connectivity index (χ2n) is 4.75. The van der Waals surface area contributed by atoms with E-state index in [-0.39, 0.29) is 12.5 Å². The van der Waals surface area contributed by atoms with E-state index in [1.54, 1.807) is 7.05 Å². The Morgan fingerprint density at radius 1 is 1.50 bits per heavy atom. The van der Waals surface area contributed by atoms with E-state index in [1.807, 2.05) is 0 Å². The zero-order valence-electron chi connectivity index (χ0n) is 10.4. The second kappa shape index (κ2) is 5.21. The van der Waals surface area contributed by atoms with Crippen molar-refractivity contribution in [2.24, 2.45) is 0 Å². The Kier molecular flexibility index (Phi) is 3.84. The van der Waals surface area contributed by atoms with Crippen molar-refractivity contribution in [1.29, 1.82) is 0 Å². The van der Waals surface area contributed by atoms with E-state index in [1.165, 1.54) is 0 Å². The van der Waals surface area contributed by atoms with Gasteiger partial charge in [-0.1, -0.05) is 0 Å². The third-order valence-electron chi connectivity index (χ3n) is 3.43. The minimum Gasteiger partial charge on any atom is -0.390 e. The number of amides is 3. The number of imide groups is 1. The lowest BCUT2D eigenvalue weighted by atomic mass is 9.90. The Morgan fingerprint density at radius 3 is 2.78 bits per heavy atom. The van der Waals surface area contributed by atoms with Crippen molar-refractivity contribution in [3.8, 4) is 0 Å². The molecular weight excluding hydrogens is 238 g/mol. The molecule has 0 aromatic carbocycles. The number of hydrogen-bond acceptors (Lipinski definition) is 5. The van der Waals surface area contributed by atoms with Crippen molar-refractivity contribution < 1.29 is 19.4 Å². The standard InChI is InChI=1S/C11H19N3O4/c1-12-6-8(15)7-14-9(16)11(13-10(14)17)2-4-18-5-3-11/h8,12,15H,2-7H2,1H3,(H,13,17).